The van der Waals surface area contributed by atoms with E-state index in [1.165, 1.54) is 6.42 Å². The zero-order valence-electron chi connectivity index (χ0n) is 12.6. The summed E-state index contributed by atoms with van der Waals surface area (Å²) >= 11 is 0. The molecule has 2 fully saturated rings. The van der Waals surface area contributed by atoms with Crippen molar-refractivity contribution in [2.24, 2.45) is 5.92 Å². The minimum Gasteiger partial charge on any atom is -0.313 e. The van der Waals surface area contributed by atoms with E-state index in [1.807, 2.05) is 18.2 Å². The van der Waals surface area contributed by atoms with Gasteiger partial charge in [-0.1, -0.05) is 25.1 Å². The van der Waals surface area contributed by atoms with Gasteiger partial charge in [0.1, 0.15) is 0 Å². The Bertz CT molecular complexity index is 600. The molecule has 1 heterocycles. The fourth-order valence-electron chi connectivity index (χ4n) is 3.60. The number of sulfonamides is 1. The smallest absolute Gasteiger partial charge is 0.243 e. The molecule has 1 saturated carbocycles. The lowest BCUT2D eigenvalue weighted by molar-refractivity contribution is 0.333. The molecule has 1 aromatic carbocycles. The lowest BCUT2D eigenvalue weighted by Gasteiger charge is -2.27. The number of piperidine rings is 1. The van der Waals surface area contributed by atoms with Gasteiger partial charge in [0.2, 0.25) is 10.0 Å². The first-order chi connectivity index (χ1) is 10.1. The first-order valence-electron chi connectivity index (χ1n) is 7.93. The van der Waals surface area contributed by atoms with Gasteiger partial charge < -0.3 is 5.32 Å². The van der Waals surface area contributed by atoms with Gasteiger partial charge in [0.25, 0.3) is 0 Å². The lowest BCUT2D eigenvalue weighted by atomic mass is 10.1. The van der Waals surface area contributed by atoms with Crippen LogP contribution in [0, 0.1) is 5.92 Å². The second-order valence-electron chi connectivity index (χ2n) is 6.19. The predicted octanol–water partition coefficient (Wildman–Crippen LogP) is 2.36. The molecular weight excluding hydrogens is 284 g/mol. The number of fused-ring (bicyclic) bond motifs is 2. The summed E-state index contributed by atoms with van der Waals surface area (Å²) in [6, 6.07) is 7.65. The molecule has 1 aromatic rings. The molecule has 5 heteroatoms. The third kappa shape index (κ3) is 2.87. The van der Waals surface area contributed by atoms with Crippen molar-refractivity contribution in [2.75, 3.05) is 13.1 Å². The largest absolute Gasteiger partial charge is 0.313 e. The lowest BCUT2D eigenvalue weighted by Crippen LogP contribution is -2.38. The highest BCUT2D eigenvalue weighted by molar-refractivity contribution is 7.89. The van der Waals surface area contributed by atoms with Crippen LogP contribution < -0.4 is 5.32 Å². The Kier molecular flexibility index (Phi) is 4.33. The second-order valence-corrected chi connectivity index (χ2v) is 8.05. The highest BCUT2D eigenvalue weighted by Crippen LogP contribution is 2.40. The van der Waals surface area contributed by atoms with Crippen LogP contribution in [0.5, 0.6) is 0 Å². The summed E-state index contributed by atoms with van der Waals surface area (Å²) in [6.45, 7) is 4.34. The SMILES string of the molecule is CCCNCc1ccccc1S(=O)(=O)N1CC2CCC1C2. The molecule has 2 bridgehead atoms. The third-order valence-corrected chi connectivity index (χ3v) is 6.68. The fourth-order valence-corrected chi connectivity index (χ4v) is 5.57. The Hall–Kier alpha value is -0.910. The number of rotatable bonds is 6. The molecule has 2 unspecified atom stereocenters. The highest BCUT2D eigenvalue weighted by atomic mass is 32.2. The molecule has 4 nitrogen and oxygen atoms in total. The molecule has 1 saturated heterocycles. The average molecular weight is 308 g/mol. The van der Waals surface area contributed by atoms with E-state index >= 15 is 0 Å². The molecule has 1 N–H and O–H groups in total. The summed E-state index contributed by atoms with van der Waals surface area (Å²) < 4.78 is 27.7. The summed E-state index contributed by atoms with van der Waals surface area (Å²) in [4.78, 5) is 0.487. The van der Waals surface area contributed by atoms with Gasteiger partial charge in [0.05, 0.1) is 4.90 Å². The predicted molar refractivity (Wildman–Crippen MR) is 83.5 cm³/mol. The van der Waals surface area contributed by atoms with E-state index in [0.29, 0.717) is 23.9 Å². The monoisotopic (exact) mass is 308 g/mol. The van der Waals surface area contributed by atoms with Gasteiger partial charge >= 0.3 is 0 Å². The maximum atomic E-state index is 13.0. The van der Waals surface area contributed by atoms with Crippen LogP contribution in [0.1, 0.15) is 38.2 Å². The number of benzene rings is 1. The quantitative estimate of drug-likeness (QED) is 0.821. The van der Waals surface area contributed by atoms with E-state index in [-0.39, 0.29) is 6.04 Å². The molecule has 0 aromatic heterocycles. The van der Waals surface area contributed by atoms with E-state index in [1.54, 1.807) is 10.4 Å². The van der Waals surface area contributed by atoms with Gasteiger partial charge in [-0.15, -0.1) is 0 Å². The standard InChI is InChI=1S/C16H24N2O2S/c1-2-9-17-11-14-5-3-4-6-16(14)21(19,20)18-12-13-7-8-15(18)10-13/h3-6,13,15,17H,2,7-12H2,1H3. The molecule has 3 rings (SSSR count). The Balaban J connectivity index is 1.85. The highest BCUT2D eigenvalue weighted by Gasteiger charge is 2.44. The minimum atomic E-state index is -3.34. The Morgan fingerprint density at radius 3 is 2.76 bits per heavy atom. The summed E-state index contributed by atoms with van der Waals surface area (Å²) in [7, 11) is -3.34. The topological polar surface area (TPSA) is 49.4 Å². The van der Waals surface area contributed by atoms with Crippen molar-refractivity contribution in [1.82, 2.24) is 9.62 Å². The van der Waals surface area contributed by atoms with Crippen molar-refractivity contribution in [3.05, 3.63) is 29.8 Å². The van der Waals surface area contributed by atoms with Crippen molar-refractivity contribution in [3.63, 3.8) is 0 Å². The van der Waals surface area contributed by atoms with Crippen LogP contribution in [0.15, 0.2) is 29.2 Å². The van der Waals surface area contributed by atoms with Crippen LogP contribution >= 0.6 is 0 Å². The molecule has 0 radical (unpaired) electrons. The molecule has 1 aliphatic heterocycles. The first-order valence-corrected chi connectivity index (χ1v) is 9.37. The van der Waals surface area contributed by atoms with Gasteiger partial charge in [0.15, 0.2) is 0 Å². The summed E-state index contributed by atoms with van der Waals surface area (Å²) in [5, 5.41) is 3.31. The van der Waals surface area contributed by atoms with Crippen molar-refractivity contribution in [1.29, 1.82) is 0 Å². The van der Waals surface area contributed by atoms with E-state index in [9.17, 15) is 8.42 Å². The molecule has 2 aliphatic rings. The maximum Gasteiger partial charge on any atom is 0.243 e. The number of hydrogen-bond donors (Lipinski definition) is 1. The van der Waals surface area contributed by atoms with Crippen molar-refractivity contribution in [3.8, 4) is 0 Å². The fraction of sp³-hybridized carbons (Fsp3) is 0.625. The van der Waals surface area contributed by atoms with Crippen molar-refractivity contribution < 1.29 is 8.42 Å². The third-order valence-electron chi connectivity index (χ3n) is 4.66. The van der Waals surface area contributed by atoms with E-state index in [4.69, 9.17) is 0 Å². The van der Waals surface area contributed by atoms with Gasteiger partial charge in [-0.25, -0.2) is 8.42 Å². The van der Waals surface area contributed by atoms with E-state index in [0.717, 1.165) is 31.4 Å². The molecule has 0 spiro atoms. The van der Waals surface area contributed by atoms with Crippen LogP contribution in [-0.4, -0.2) is 31.9 Å². The van der Waals surface area contributed by atoms with E-state index < -0.39 is 10.0 Å². The van der Waals surface area contributed by atoms with E-state index in [2.05, 4.69) is 12.2 Å². The van der Waals surface area contributed by atoms with Crippen LogP contribution in [0.4, 0.5) is 0 Å². The summed E-state index contributed by atoms with van der Waals surface area (Å²) in [5.41, 5.74) is 0.883. The Morgan fingerprint density at radius 1 is 1.29 bits per heavy atom. The molecule has 0 amide bonds. The Morgan fingerprint density at radius 2 is 2.10 bits per heavy atom. The Labute approximate surface area is 127 Å². The zero-order valence-corrected chi connectivity index (χ0v) is 13.4. The zero-order chi connectivity index (χ0) is 14.9. The van der Waals surface area contributed by atoms with Gasteiger partial charge in [-0.2, -0.15) is 4.31 Å². The normalized spacial score (nSPS) is 25.6. The first kappa shape index (κ1) is 15.0. The maximum absolute atomic E-state index is 13.0. The van der Waals surface area contributed by atoms with Crippen molar-refractivity contribution >= 4 is 10.0 Å². The molecule has 116 valence electrons. The average Bonchev–Trinajstić information content (AvgIpc) is 3.11. The minimum absolute atomic E-state index is 0.233. The van der Waals surface area contributed by atoms with Crippen LogP contribution in [0.2, 0.25) is 0 Å². The second kappa shape index (κ2) is 6.07. The van der Waals surface area contributed by atoms with Crippen LogP contribution in [-0.2, 0) is 16.6 Å². The number of nitrogens with zero attached hydrogens (tertiary/aromatic N) is 1. The van der Waals surface area contributed by atoms with Crippen LogP contribution in [0.3, 0.4) is 0 Å². The van der Waals surface area contributed by atoms with Gasteiger partial charge in [-0.05, 0) is 49.8 Å². The molecule has 21 heavy (non-hydrogen) atoms. The van der Waals surface area contributed by atoms with Gasteiger partial charge in [-0.3, -0.25) is 0 Å². The molecule has 2 atom stereocenters. The van der Waals surface area contributed by atoms with Gasteiger partial charge in [0, 0.05) is 19.1 Å². The van der Waals surface area contributed by atoms with Crippen LogP contribution in [0.25, 0.3) is 0 Å². The number of nitrogens with one attached hydrogen (secondary N) is 1. The molecule has 1 aliphatic carbocycles. The number of hydrogen-bond acceptors (Lipinski definition) is 3. The van der Waals surface area contributed by atoms with Crippen molar-refractivity contribution in [2.45, 2.75) is 50.1 Å². The summed E-state index contributed by atoms with van der Waals surface area (Å²) in [5.74, 6) is 0.579. The summed E-state index contributed by atoms with van der Waals surface area (Å²) in [6.07, 6.45) is 4.32. The molecular formula is C16H24N2O2S.